The summed E-state index contributed by atoms with van der Waals surface area (Å²) in [4.78, 5) is 24.9. The first kappa shape index (κ1) is 21.6. The molecule has 1 saturated heterocycles. The zero-order valence-electron chi connectivity index (χ0n) is 14.9. The van der Waals surface area contributed by atoms with Gasteiger partial charge in [-0.05, 0) is 11.6 Å². The molecule has 3 N–H and O–H groups in total. The number of urea groups is 1. The largest absolute Gasteiger partial charge is 0.437 e. The molecule has 5 nitrogen and oxygen atoms in total. The highest BCUT2D eigenvalue weighted by Gasteiger charge is 2.66. The van der Waals surface area contributed by atoms with Crippen molar-refractivity contribution in [3.05, 3.63) is 71.3 Å². The van der Waals surface area contributed by atoms with Crippen LogP contribution < -0.4 is 10.6 Å². The Bertz CT molecular complexity index is 961. The summed E-state index contributed by atoms with van der Waals surface area (Å²) in [5, 5.41) is 13.6. The SMILES string of the molecule is O=C1N[C@H](c2ccccc2C(F)(F)F)[C@H](C(=O)c2ccccc2)[C@@](O)(C(F)(F)F)N1. The molecule has 1 aliphatic rings. The number of amides is 2. The summed E-state index contributed by atoms with van der Waals surface area (Å²) in [5.41, 5.74) is -6.51. The zero-order valence-corrected chi connectivity index (χ0v) is 14.9. The molecule has 0 unspecified atom stereocenters. The van der Waals surface area contributed by atoms with E-state index in [4.69, 9.17) is 0 Å². The van der Waals surface area contributed by atoms with Crippen LogP contribution in [0.3, 0.4) is 0 Å². The van der Waals surface area contributed by atoms with Crippen molar-refractivity contribution >= 4 is 11.8 Å². The number of alkyl halides is 6. The Balaban J connectivity index is 2.25. The van der Waals surface area contributed by atoms with Crippen molar-refractivity contribution in [2.24, 2.45) is 5.92 Å². The van der Waals surface area contributed by atoms with Gasteiger partial charge >= 0.3 is 18.4 Å². The molecular weight excluding hydrogens is 418 g/mol. The van der Waals surface area contributed by atoms with Gasteiger partial charge in [0.25, 0.3) is 0 Å². The zero-order chi connectivity index (χ0) is 22.3. The topological polar surface area (TPSA) is 78.4 Å². The third kappa shape index (κ3) is 3.72. The third-order valence-electron chi connectivity index (χ3n) is 4.75. The van der Waals surface area contributed by atoms with E-state index in [0.717, 1.165) is 30.3 Å². The Morgan fingerprint density at radius 3 is 2.07 bits per heavy atom. The fraction of sp³-hybridized carbons (Fsp3) is 0.263. The molecule has 0 bridgehead atoms. The summed E-state index contributed by atoms with van der Waals surface area (Å²) in [5.74, 6) is -3.84. The predicted molar refractivity (Wildman–Crippen MR) is 91.1 cm³/mol. The summed E-state index contributed by atoms with van der Waals surface area (Å²) in [6.45, 7) is 0. The number of aliphatic hydroxyl groups is 1. The molecule has 1 fully saturated rings. The first-order valence-electron chi connectivity index (χ1n) is 8.49. The Kier molecular flexibility index (Phi) is 5.27. The number of benzene rings is 2. The van der Waals surface area contributed by atoms with Gasteiger partial charge in [0.1, 0.15) is 5.92 Å². The molecule has 30 heavy (non-hydrogen) atoms. The van der Waals surface area contributed by atoms with Crippen molar-refractivity contribution in [2.75, 3.05) is 0 Å². The molecule has 0 radical (unpaired) electrons. The van der Waals surface area contributed by atoms with Crippen molar-refractivity contribution in [2.45, 2.75) is 24.1 Å². The molecule has 2 aromatic carbocycles. The lowest BCUT2D eigenvalue weighted by Crippen LogP contribution is -2.72. The van der Waals surface area contributed by atoms with Gasteiger partial charge in [0.2, 0.25) is 5.72 Å². The number of carbonyl (C=O) groups is 2. The lowest BCUT2D eigenvalue weighted by molar-refractivity contribution is -0.287. The minimum atomic E-state index is -5.56. The van der Waals surface area contributed by atoms with Crippen LogP contribution in [0.5, 0.6) is 0 Å². The average molecular weight is 432 g/mol. The number of halogens is 6. The number of rotatable bonds is 3. The highest BCUT2D eigenvalue weighted by molar-refractivity contribution is 6.00. The predicted octanol–water partition coefficient (Wildman–Crippen LogP) is 3.81. The maximum absolute atomic E-state index is 13.8. The molecule has 0 aliphatic carbocycles. The van der Waals surface area contributed by atoms with Crippen LogP contribution >= 0.6 is 0 Å². The van der Waals surface area contributed by atoms with Crippen LogP contribution in [0.1, 0.15) is 27.5 Å². The second kappa shape index (κ2) is 7.31. The number of hydrogen-bond acceptors (Lipinski definition) is 3. The molecule has 2 aromatic rings. The van der Waals surface area contributed by atoms with E-state index < -0.39 is 53.0 Å². The van der Waals surface area contributed by atoms with E-state index in [1.807, 2.05) is 5.32 Å². The summed E-state index contributed by atoms with van der Waals surface area (Å²) >= 11 is 0. The molecule has 3 rings (SSSR count). The Labute approximate surface area is 165 Å². The van der Waals surface area contributed by atoms with Gasteiger partial charge in [-0.3, -0.25) is 4.79 Å². The standard InChI is InChI=1S/C19H14F6N2O3/c20-18(21,22)12-9-5-4-8-11(12)14-13(15(28)10-6-2-1-3-7-10)17(30,19(23,24)25)27-16(29)26-14/h1-9,13-14,30H,(H2,26,27,29)/t13-,14-,17-/m1/s1. The molecule has 1 heterocycles. The maximum atomic E-state index is 13.8. The van der Waals surface area contributed by atoms with Crippen LogP contribution in [0.25, 0.3) is 0 Å². The van der Waals surface area contributed by atoms with Gasteiger partial charge in [0.15, 0.2) is 5.78 Å². The second-order valence-electron chi connectivity index (χ2n) is 6.63. The number of ketones is 1. The normalized spacial score (nSPS) is 24.7. The van der Waals surface area contributed by atoms with Gasteiger partial charge in [-0.15, -0.1) is 0 Å². The van der Waals surface area contributed by atoms with Gasteiger partial charge in [-0.25, -0.2) is 4.79 Å². The van der Waals surface area contributed by atoms with Gasteiger partial charge in [0, 0.05) is 5.56 Å². The van der Waals surface area contributed by atoms with E-state index in [1.165, 1.54) is 23.5 Å². The molecule has 11 heteroatoms. The lowest BCUT2D eigenvalue weighted by atomic mass is 9.76. The van der Waals surface area contributed by atoms with E-state index in [9.17, 15) is 41.0 Å². The Morgan fingerprint density at radius 2 is 1.50 bits per heavy atom. The molecular formula is C19H14F6N2O3. The average Bonchev–Trinajstić information content (AvgIpc) is 2.66. The third-order valence-corrected chi connectivity index (χ3v) is 4.75. The van der Waals surface area contributed by atoms with Crippen LogP contribution in [0, 0.1) is 5.92 Å². The summed E-state index contributed by atoms with van der Waals surface area (Å²) in [7, 11) is 0. The molecule has 2 amide bonds. The first-order valence-corrected chi connectivity index (χ1v) is 8.49. The van der Waals surface area contributed by atoms with Crippen LogP contribution in [-0.4, -0.2) is 28.8 Å². The van der Waals surface area contributed by atoms with Crippen molar-refractivity contribution in [1.29, 1.82) is 0 Å². The van der Waals surface area contributed by atoms with E-state index in [0.29, 0.717) is 6.07 Å². The van der Waals surface area contributed by atoms with Crippen molar-refractivity contribution in [3.63, 3.8) is 0 Å². The number of carbonyl (C=O) groups excluding carboxylic acids is 2. The summed E-state index contributed by atoms with van der Waals surface area (Å²) in [6.07, 6.45) is -10.5. The van der Waals surface area contributed by atoms with Crippen molar-refractivity contribution in [3.8, 4) is 0 Å². The van der Waals surface area contributed by atoms with E-state index in [-0.39, 0.29) is 5.56 Å². The van der Waals surface area contributed by atoms with Gasteiger partial charge in [0.05, 0.1) is 11.6 Å². The molecule has 3 atom stereocenters. The van der Waals surface area contributed by atoms with Crippen LogP contribution in [-0.2, 0) is 6.18 Å². The Hall–Kier alpha value is -3.08. The summed E-state index contributed by atoms with van der Waals surface area (Å²) < 4.78 is 81.8. The van der Waals surface area contributed by atoms with Gasteiger partial charge < -0.3 is 15.7 Å². The van der Waals surface area contributed by atoms with Crippen molar-refractivity contribution < 1.29 is 41.0 Å². The molecule has 1 aliphatic heterocycles. The van der Waals surface area contributed by atoms with E-state index in [1.54, 1.807) is 0 Å². The number of nitrogens with one attached hydrogen (secondary N) is 2. The highest BCUT2D eigenvalue weighted by Crippen LogP contribution is 2.46. The lowest BCUT2D eigenvalue weighted by Gasteiger charge is -2.45. The Morgan fingerprint density at radius 1 is 0.933 bits per heavy atom. The van der Waals surface area contributed by atoms with Crippen LogP contribution in [0.15, 0.2) is 54.6 Å². The summed E-state index contributed by atoms with van der Waals surface area (Å²) in [6, 6.07) is 6.37. The second-order valence-corrected chi connectivity index (χ2v) is 6.63. The molecule has 0 saturated carbocycles. The van der Waals surface area contributed by atoms with Gasteiger partial charge in [-0.1, -0.05) is 48.5 Å². The van der Waals surface area contributed by atoms with E-state index >= 15 is 0 Å². The maximum Gasteiger partial charge on any atom is 0.437 e. The molecule has 160 valence electrons. The van der Waals surface area contributed by atoms with Gasteiger partial charge in [-0.2, -0.15) is 26.3 Å². The quantitative estimate of drug-likeness (QED) is 0.510. The van der Waals surface area contributed by atoms with Crippen LogP contribution in [0.2, 0.25) is 0 Å². The fourth-order valence-electron chi connectivity index (χ4n) is 3.41. The monoisotopic (exact) mass is 432 g/mol. The minimum Gasteiger partial charge on any atom is -0.363 e. The van der Waals surface area contributed by atoms with Crippen LogP contribution in [0.4, 0.5) is 31.1 Å². The minimum absolute atomic E-state index is 0.280. The first-order chi connectivity index (χ1) is 13.9. The van der Waals surface area contributed by atoms with E-state index in [2.05, 4.69) is 0 Å². The highest BCUT2D eigenvalue weighted by atomic mass is 19.4. The number of hydrogen-bond donors (Lipinski definition) is 3. The molecule has 0 spiro atoms. The fourth-order valence-corrected chi connectivity index (χ4v) is 3.41. The van der Waals surface area contributed by atoms with Crippen molar-refractivity contribution in [1.82, 2.24) is 10.6 Å². The molecule has 0 aromatic heterocycles. The number of Topliss-reactive ketones (excluding diaryl/α,β-unsaturated/α-hetero) is 1. The smallest absolute Gasteiger partial charge is 0.363 e.